The standard InChI is InChI=1S/C17H16N4O2/c1-12-15(11-21(2)20-12)17(22)19-13-6-5-7-14(10-13)23-16-8-3-4-9-18-16/h3-11H,1-2H3,(H,19,22). The highest BCUT2D eigenvalue weighted by Crippen LogP contribution is 2.23. The van der Waals surface area contributed by atoms with Gasteiger partial charge in [-0.15, -0.1) is 0 Å². The Kier molecular flexibility index (Phi) is 4.05. The third kappa shape index (κ3) is 3.55. The maximum atomic E-state index is 12.3. The first-order valence-electron chi connectivity index (χ1n) is 7.12. The summed E-state index contributed by atoms with van der Waals surface area (Å²) in [6.45, 7) is 1.80. The zero-order chi connectivity index (χ0) is 16.2. The quantitative estimate of drug-likeness (QED) is 0.803. The van der Waals surface area contributed by atoms with Crippen molar-refractivity contribution in [2.75, 3.05) is 5.32 Å². The molecular formula is C17H16N4O2. The summed E-state index contributed by atoms with van der Waals surface area (Å²) < 4.78 is 7.27. The molecule has 0 aliphatic carbocycles. The number of nitrogens with one attached hydrogen (secondary N) is 1. The molecule has 2 heterocycles. The maximum Gasteiger partial charge on any atom is 0.259 e. The maximum absolute atomic E-state index is 12.3. The van der Waals surface area contributed by atoms with Gasteiger partial charge in [0.2, 0.25) is 5.88 Å². The van der Waals surface area contributed by atoms with Crippen LogP contribution < -0.4 is 10.1 Å². The Hall–Kier alpha value is -3.15. The lowest BCUT2D eigenvalue weighted by atomic mass is 10.2. The number of nitrogens with zero attached hydrogens (tertiary/aromatic N) is 3. The van der Waals surface area contributed by atoms with E-state index in [0.717, 1.165) is 0 Å². The highest BCUT2D eigenvalue weighted by molar-refractivity contribution is 6.04. The second-order valence-corrected chi connectivity index (χ2v) is 5.05. The number of aryl methyl sites for hydroxylation is 2. The van der Waals surface area contributed by atoms with Gasteiger partial charge in [-0.05, 0) is 25.1 Å². The van der Waals surface area contributed by atoms with Gasteiger partial charge in [0.25, 0.3) is 5.91 Å². The first-order valence-corrected chi connectivity index (χ1v) is 7.12. The Morgan fingerprint density at radius 3 is 2.78 bits per heavy atom. The van der Waals surface area contributed by atoms with Crippen molar-refractivity contribution < 1.29 is 9.53 Å². The number of carbonyl (C=O) groups is 1. The van der Waals surface area contributed by atoms with Crippen molar-refractivity contribution in [1.29, 1.82) is 0 Å². The molecule has 6 heteroatoms. The van der Waals surface area contributed by atoms with Gasteiger partial charge < -0.3 is 10.1 Å². The van der Waals surface area contributed by atoms with Crippen LogP contribution in [0.2, 0.25) is 0 Å². The lowest BCUT2D eigenvalue weighted by Crippen LogP contribution is -2.12. The van der Waals surface area contributed by atoms with Crippen molar-refractivity contribution in [2.45, 2.75) is 6.92 Å². The summed E-state index contributed by atoms with van der Waals surface area (Å²) in [4.78, 5) is 16.4. The molecule has 0 spiro atoms. The summed E-state index contributed by atoms with van der Waals surface area (Å²) >= 11 is 0. The van der Waals surface area contributed by atoms with Crippen LogP contribution in [-0.4, -0.2) is 20.7 Å². The number of carbonyl (C=O) groups excluding carboxylic acids is 1. The Morgan fingerprint density at radius 1 is 1.22 bits per heavy atom. The molecule has 0 aliphatic rings. The monoisotopic (exact) mass is 308 g/mol. The second kappa shape index (κ2) is 6.31. The molecule has 1 N–H and O–H groups in total. The number of hydrogen-bond acceptors (Lipinski definition) is 4. The third-order valence-corrected chi connectivity index (χ3v) is 3.21. The number of hydrogen-bond donors (Lipinski definition) is 1. The molecule has 3 aromatic rings. The summed E-state index contributed by atoms with van der Waals surface area (Å²) in [7, 11) is 1.78. The molecule has 0 unspecified atom stereocenters. The zero-order valence-electron chi connectivity index (χ0n) is 12.9. The molecule has 23 heavy (non-hydrogen) atoms. The number of rotatable bonds is 4. The highest BCUT2D eigenvalue weighted by atomic mass is 16.5. The molecule has 116 valence electrons. The summed E-state index contributed by atoms with van der Waals surface area (Å²) in [5.74, 6) is 0.897. The van der Waals surface area contributed by atoms with Crippen LogP contribution in [0.4, 0.5) is 5.69 Å². The molecule has 2 aromatic heterocycles. The van der Waals surface area contributed by atoms with E-state index < -0.39 is 0 Å². The van der Waals surface area contributed by atoms with E-state index >= 15 is 0 Å². The summed E-state index contributed by atoms with van der Waals surface area (Å²) in [5.41, 5.74) is 1.88. The molecule has 1 aromatic carbocycles. The average Bonchev–Trinajstić information content (AvgIpc) is 2.87. The third-order valence-electron chi connectivity index (χ3n) is 3.21. The Labute approximate surface area is 133 Å². The Bertz CT molecular complexity index is 828. The van der Waals surface area contributed by atoms with Crippen molar-refractivity contribution in [1.82, 2.24) is 14.8 Å². The number of benzene rings is 1. The van der Waals surface area contributed by atoms with Crippen molar-refractivity contribution in [3.05, 3.63) is 66.1 Å². The first-order chi connectivity index (χ1) is 11.1. The van der Waals surface area contributed by atoms with E-state index in [1.165, 1.54) is 0 Å². The molecule has 0 atom stereocenters. The van der Waals surface area contributed by atoms with Crippen molar-refractivity contribution in [3.63, 3.8) is 0 Å². The topological polar surface area (TPSA) is 69.0 Å². The van der Waals surface area contributed by atoms with Crippen LogP contribution in [-0.2, 0) is 7.05 Å². The van der Waals surface area contributed by atoms with Crippen molar-refractivity contribution >= 4 is 11.6 Å². The van der Waals surface area contributed by atoms with E-state index in [2.05, 4.69) is 15.4 Å². The Morgan fingerprint density at radius 2 is 2.09 bits per heavy atom. The van der Waals surface area contributed by atoms with Gasteiger partial charge in [0, 0.05) is 37.3 Å². The minimum absolute atomic E-state index is 0.203. The zero-order valence-corrected chi connectivity index (χ0v) is 12.9. The number of amides is 1. The molecule has 0 fully saturated rings. The van der Waals surface area contributed by atoms with Crippen LogP contribution in [0.25, 0.3) is 0 Å². The predicted octanol–water partition coefficient (Wildman–Crippen LogP) is 3.17. The molecule has 0 aliphatic heterocycles. The molecular weight excluding hydrogens is 292 g/mol. The van der Waals surface area contributed by atoms with E-state index in [1.54, 1.807) is 55.3 Å². The summed E-state index contributed by atoms with van der Waals surface area (Å²) in [6.07, 6.45) is 3.35. The van der Waals surface area contributed by atoms with Crippen LogP contribution in [0.1, 0.15) is 16.1 Å². The fraction of sp³-hybridized carbons (Fsp3) is 0.118. The number of pyridine rings is 1. The normalized spacial score (nSPS) is 10.3. The second-order valence-electron chi connectivity index (χ2n) is 5.05. The van der Waals surface area contributed by atoms with Crippen LogP contribution >= 0.6 is 0 Å². The first kappa shape index (κ1) is 14.8. The average molecular weight is 308 g/mol. The largest absolute Gasteiger partial charge is 0.439 e. The Balaban J connectivity index is 1.75. The van der Waals surface area contributed by atoms with Gasteiger partial charge in [-0.3, -0.25) is 9.48 Å². The highest BCUT2D eigenvalue weighted by Gasteiger charge is 2.13. The molecule has 1 amide bonds. The van der Waals surface area contributed by atoms with Gasteiger partial charge in [-0.2, -0.15) is 5.10 Å². The van der Waals surface area contributed by atoms with E-state index in [-0.39, 0.29) is 5.91 Å². The minimum atomic E-state index is -0.203. The molecule has 0 radical (unpaired) electrons. The SMILES string of the molecule is Cc1nn(C)cc1C(=O)Nc1cccc(Oc2ccccn2)c1. The van der Waals surface area contributed by atoms with Crippen LogP contribution in [0.5, 0.6) is 11.6 Å². The minimum Gasteiger partial charge on any atom is -0.439 e. The number of aromatic nitrogens is 3. The summed E-state index contributed by atoms with van der Waals surface area (Å²) in [5, 5.41) is 7.02. The van der Waals surface area contributed by atoms with E-state index in [9.17, 15) is 4.79 Å². The van der Waals surface area contributed by atoms with Crippen LogP contribution in [0.15, 0.2) is 54.9 Å². The van der Waals surface area contributed by atoms with Crippen LogP contribution in [0, 0.1) is 6.92 Å². The molecule has 0 saturated carbocycles. The van der Waals surface area contributed by atoms with Gasteiger partial charge >= 0.3 is 0 Å². The van der Waals surface area contributed by atoms with E-state index in [1.807, 2.05) is 18.2 Å². The number of anilines is 1. The van der Waals surface area contributed by atoms with Gasteiger partial charge in [0.1, 0.15) is 5.75 Å². The molecule has 3 rings (SSSR count). The summed E-state index contributed by atoms with van der Waals surface area (Å²) in [6, 6.07) is 12.6. The lowest BCUT2D eigenvalue weighted by Gasteiger charge is -2.08. The van der Waals surface area contributed by atoms with E-state index in [0.29, 0.717) is 28.6 Å². The fourth-order valence-corrected chi connectivity index (χ4v) is 2.19. The van der Waals surface area contributed by atoms with Gasteiger partial charge in [-0.1, -0.05) is 12.1 Å². The fourth-order valence-electron chi connectivity index (χ4n) is 2.19. The van der Waals surface area contributed by atoms with Crippen molar-refractivity contribution in [3.8, 4) is 11.6 Å². The lowest BCUT2D eigenvalue weighted by molar-refractivity contribution is 0.102. The van der Waals surface area contributed by atoms with Gasteiger partial charge in [0.05, 0.1) is 11.3 Å². The van der Waals surface area contributed by atoms with Crippen LogP contribution in [0.3, 0.4) is 0 Å². The molecule has 6 nitrogen and oxygen atoms in total. The van der Waals surface area contributed by atoms with Gasteiger partial charge in [0.15, 0.2) is 0 Å². The predicted molar refractivity (Wildman–Crippen MR) is 86.7 cm³/mol. The smallest absolute Gasteiger partial charge is 0.259 e. The number of ether oxygens (including phenoxy) is 1. The van der Waals surface area contributed by atoms with Crippen molar-refractivity contribution in [2.24, 2.45) is 7.05 Å². The molecule has 0 saturated heterocycles. The molecule has 0 bridgehead atoms. The van der Waals surface area contributed by atoms with E-state index in [4.69, 9.17) is 4.74 Å². The van der Waals surface area contributed by atoms with Gasteiger partial charge in [-0.25, -0.2) is 4.98 Å².